The number of amides is 2. The summed E-state index contributed by atoms with van der Waals surface area (Å²) in [6.07, 6.45) is 0.500. The van der Waals surface area contributed by atoms with Gasteiger partial charge in [-0.1, -0.05) is 18.2 Å². The summed E-state index contributed by atoms with van der Waals surface area (Å²) in [5, 5.41) is 2.94. The lowest BCUT2D eigenvalue weighted by molar-refractivity contribution is 0.0709. The molecule has 2 rings (SSSR count). The molecule has 0 aliphatic carbocycles. The van der Waals surface area contributed by atoms with Crippen molar-refractivity contribution in [3.63, 3.8) is 0 Å². The second kappa shape index (κ2) is 8.39. The molecule has 4 nitrogen and oxygen atoms in total. The molecule has 0 aromatic heterocycles. The van der Waals surface area contributed by atoms with Gasteiger partial charge >= 0.3 is 6.03 Å². The van der Waals surface area contributed by atoms with Crippen molar-refractivity contribution in [3.8, 4) is 0 Å². The molecule has 1 aliphatic rings. The van der Waals surface area contributed by atoms with Crippen LogP contribution in [-0.2, 0) is 4.74 Å². The van der Waals surface area contributed by atoms with Gasteiger partial charge in [-0.05, 0) is 25.2 Å². The summed E-state index contributed by atoms with van der Waals surface area (Å²) in [5.41, 5.74) is 0.462. The van der Waals surface area contributed by atoms with Crippen LogP contribution in [0.5, 0.6) is 0 Å². The van der Waals surface area contributed by atoms with E-state index in [2.05, 4.69) is 5.32 Å². The third kappa shape index (κ3) is 4.36. The van der Waals surface area contributed by atoms with Crippen LogP contribution in [0.1, 0.15) is 25.0 Å². The number of urea groups is 1. The van der Waals surface area contributed by atoms with E-state index < -0.39 is 6.10 Å². The number of halogens is 1. The Kier molecular flexibility index (Phi) is 6.51. The van der Waals surface area contributed by atoms with Gasteiger partial charge in [0.2, 0.25) is 0 Å². The number of hydrogen-bond acceptors (Lipinski definition) is 3. The Balaban J connectivity index is 2.01. The molecule has 0 bridgehead atoms. The Bertz CT molecular complexity index is 493. The zero-order chi connectivity index (χ0) is 15.9. The fourth-order valence-corrected chi connectivity index (χ4v) is 3.50. The average Bonchev–Trinajstić information content (AvgIpc) is 2.79. The number of thioether (sulfide) groups is 1. The van der Waals surface area contributed by atoms with Gasteiger partial charge < -0.3 is 15.0 Å². The number of methoxy groups -OCH3 is 1. The first-order valence-electron chi connectivity index (χ1n) is 7.54. The first-order chi connectivity index (χ1) is 10.6. The number of rotatable bonds is 4. The van der Waals surface area contributed by atoms with Crippen LogP contribution in [0, 0.1) is 5.82 Å². The molecule has 6 heteroatoms. The number of nitrogens with zero attached hydrogens (tertiary/aromatic N) is 1. The molecular formula is C16H23FN2O2S. The highest BCUT2D eigenvalue weighted by Crippen LogP contribution is 2.23. The lowest BCUT2D eigenvalue weighted by Gasteiger charge is -2.28. The van der Waals surface area contributed by atoms with E-state index in [1.807, 2.05) is 23.6 Å². The lowest BCUT2D eigenvalue weighted by Crippen LogP contribution is -2.47. The first-order valence-corrected chi connectivity index (χ1v) is 8.69. The van der Waals surface area contributed by atoms with Crippen molar-refractivity contribution in [2.45, 2.75) is 25.5 Å². The maximum Gasteiger partial charge on any atom is 0.317 e. The van der Waals surface area contributed by atoms with Gasteiger partial charge in [0.05, 0.1) is 6.04 Å². The third-order valence-corrected chi connectivity index (χ3v) is 4.83. The van der Waals surface area contributed by atoms with Crippen LogP contribution in [0.15, 0.2) is 24.3 Å². The quantitative estimate of drug-likeness (QED) is 0.924. The number of carbonyl (C=O) groups is 1. The van der Waals surface area contributed by atoms with E-state index >= 15 is 0 Å². The molecule has 1 N–H and O–H groups in total. The topological polar surface area (TPSA) is 41.6 Å². The molecule has 0 spiro atoms. The molecule has 22 heavy (non-hydrogen) atoms. The summed E-state index contributed by atoms with van der Waals surface area (Å²) in [6.45, 7) is 3.36. The fourth-order valence-electron chi connectivity index (χ4n) is 2.62. The van der Waals surface area contributed by atoms with E-state index in [-0.39, 0.29) is 17.9 Å². The molecule has 0 unspecified atom stereocenters. The summed E-state index contributed by atoms with van der Waals surface area (Å²) in [5.74, 6) is 1.74. The maximum absolute atomic E-state index is 13.9. The minimum Gasteiger partial charge on any atom is -0.375 e. The Morgan fingerprint density at radius 1 is 1.36 bits per heavy atom. The SMILES string of the molecule is CO[C@@H](c1ccccc1F)[C@H](C)NC(=O)N1CCCSCC1. The molecular weight excluding hydrogens is 303 g/mol. The minimum absolute atomic E-state index is 0.103. The van der Waals surface area contributed by atoms with E-state index in [9.17, 15) is 9.18 Å². The van der Waals surface area contributed by atoms with Crippen molar-refractivity contribution >= 4 is 17.8 Å². The van der Waals surface area contributed by atoms with Crippen LogP contribution in [0.4, 0.5) is 9.18 Å². The van der Waals surface area contributed by atoms with Crippen molar-refractivity contribution in [1.82, 2.24) is 10.2 Å². The lowest BCUT2D eigenvalue weighted by atomic mass is 10.0. The van der Waals surface area contributed by atoms with Crippen LogP contribution in [0.3, 0.4) is 0 Å². The highest BCUT2D eigenvalue weighted by atomic mass is 32.2. The predicted octanol–water partition coefficient (Wildman–Crippen LogP) is 3.05. The van der Waals surface area contributed by atoms with Crippen molar-refractivity contribution in [1.29, 1.82) is 0 Å². The molecule has 0 radical (unpaired) electrons. The second-order valence-corrected chi connectivity index (χ2v) is 6.59. The van der Waals surface area contributed by atoms with Crippen LogP contribution in [-0.4, -0.2) is 48.7 Å². The van der Waals surface area contributed by atoms with E-state index in [4.69, 9.17) is 4.74 Å². The number of hydrogen-bond donors (Lipinski definition) is 1. The largest absolute Gasteiger partial charge is 0.375 e. The number of nitrogens with one attached hydrogen (secondary N) is 1. The zero-order valence-electron chi connectivity index (χ0n) is 13.0. The van der Waals surface area contributed by atoms with E-state index in [0.717, 1.165) is 31.0 Å². The van der Waals surface area contributed by atoms with Crippen molar-refractivity contribution in [3.05, 3.63) is 35.6 Å². The van der Waals surface area contributed by atoms with Crippen molar-refractivity contribution < 1.29 is 13.9 Å². The Morgan fingerprint density at radius 2 is 2.14 bits per heavy atom. The molecule has 1 aromatic carbocycles. The Labute approximate surface area is 135 Å². The van der Waals surface area contributed by atoms with Gasteiger partial charge in [-0.2, -0.15) is 11.8 Å². The van der Waals surface area contributed by atoms with Crippen molar-refractivity contribution in [2.24, 2.45) is 0 Å². The summed E-state index contributed by atoms with van der Waals surface area (Å²) in [7, 11) is 1.53. The second-order valence-electron chi connectivity index (χ2n) is 5.37. The van der Waals surface area contributed by atoms with E-state index in [1.54, 1.807) is 18.2 Å². The molecule has 0 saturated carbocycles. The molecule has 2 amide bonds. The van der Waals surface area contributed by atoms with Gasteiger partial charge in [0.1, 0.15) is 11.9 Å². The highest BCUT2D eigenvalue weighted by Gasteiger charge is 2.25. The minimum atomic E-state index is -0.508. The summed E-state index contributed by atoms with van der Waals surface area (Å²) >= 11 is 1.87. The normalized spacial score (nSPS) is 18.4. The Hall–Kier alpha value is -1.27. The number of benzene rings is 1. The molecule has 1 heterocycles. The van der Waals surface area contributed by atoms with Gasteiger partial charge in [-0.15, -0.1) is 0 Å². The van der Waals surface area contributed by atoms with Crippen LogP contribution in [0.2, 0.25) is 0 Å². The molecule has 1 aliphatic heterocycles. The fraction of sp³-hybridized carbons (Fsp3) is 0.562. The zero-order valence-corrected chi connectivity index (χ0v) is 13.9. The van der Waals surface area contributed by atoms with Crippen molar-refractivity contribution in [2.75, 3.05) is 31.7 Å². The third-order valence-electron chi connectivity index (χ3n) is 3.78. The maximum atomic E-state index is 13.9. The molecule has 122 valence electrons. The van der Waals surface area contributed by atoms with Crippen LogP contribution < -0.4 is 5.32 Å². The Morgan fingerprint density at radius 3 is 2.86 bits per heavy atom. The molecule has 2 atom stereocenters. The average molecular weight is 326 g/mol. The highest BCUT2D eigenvalue weighted by molar-refractivity contribution is 7.99. The molecule has 1 saturated heterocycles. The van der Waals surface area contributed by atoms with Crippen LogP contribution >= 0.6 is 11.8 Å². The number of carbonyl (C=O) groups excluding carboxylic acids is 1. The van der Waals surface area contributed by atoms with Gasteiger partial charge in [-0.25, -0.2) is 9.18 Å². The summed E-state index contributed by atoms with van der Waals surface area (Å²) in [6, 6.07) is 6.09. The number of ether oxygens (including phenoxy) is 1. The summed E-state index contributed by atoms with van der Waals surface area (Å²) in [4.78, 5) is 14.2. The smallest absolute Gasteiger partial charge is 0.317 e. The standard InChI is InChI=1S/C16H23FN2O2S/c1-12(15(21-2)13-6-3-4-7-14(13)17)18-16(20)19-8-5-10-22-11-9-19/h3-4,6-7,12,15H,5,8-11H2,1-2H3,(H,18,20)/t12-,15+/m0/s1. The monoisotopic (exact) mass is 326 g/mol. The molecule has 1 fully saturated rings. The summed E-state index contributed by atoms with van der Waals surface area (Å²) < 4.78 is 19.3. The molecule has 1 aromatic rings. The van der Waals surface area contributed by atoms with Crippen LogP contribution in [0.25, 0.3) is 0 Å². The first kappa shape index (κ1) is 17.1. The predicted molar refractivity (Wildman–Crippen MR) is 87.7 cm³/mol. The van der Waals surface area contributed by atoms with E-state index in [0.29, 0.717) is 5.56 Å². The van der Waals surface area contributed by atoms with Gasteiger partial charge in [0, 0.05) is 31.5 Å². The van der Waals surface area contributed by atoms with Gasteiger partial charge in [0.25, 0.3) is 0 Å². The van der Waals surface area contributed by atoms with Gasteiger partial charge in [-0.3, -0.25) is 0 Å². The van der Waals surface area contributed by atoms with E-state index in [1.165, 1.54) is 13.2 Å². The van der Waals surface area contributed by atoms with Gasteiger partial charge in [0.15, 0.2) is 0 Å².